The third-order valence-corrected chi connectivity index (χ3v) is 2.12. The molecule has 0 N–H and O–H groups in total. The van der Waals surface area contributed by atoms with Gasteiger partial charge in [0.25, 0.3) is 0 Å². The topological polar surface area (TPSA) is 12.4 Å². The fourth-order valence-corrected chi connectivity index (χ4v) is 1.34. The summed E-state index contributed by atoms with van der Waals surface area (Å²) in [6.07, 6.45) is -1.43. The van der Waals surface area contributed by atoms with E-state index in [1.54, 1.807) is 0 Å². The Hall–Kier alpha value is -0.320. The lowest BCUT2D eigenvalue weighted by Crippen LogP contribution is -2.28. The predicted molar refractivity (Wildman–Crippen MR) is 39.7 cm³/mol. The minimum atomic E-state index is -4.19. The second kappa shape index (κ2) is 2.97. The van der Waals surface area contributed by atoms with Gasteiger partial charge in [-0.3, -0.25) is 4.99 Å². The standard InChI is InChI=1S/C6H5BrF3N/c7-5-4(6(8,9)10)2-1-3-11-5/h1,3-4H,2H2. The summed E-state index contributed by atoms with van der Waals surface area (Å²) in [6, 6.07) is 0. The Morgan fingerprint density at radius 3 is 2.55 bits per heavy atom. The van der Waals surface area contributed by atoms with E-state index >= 15 is 0 Å². The number of rotatable bonds is 0. The number of aliphatic imine (C=N–C) groups is 1. The lowest BCUT2D eigenvalue weighted by Gasteiger charge is -2.18. The molecule has 0 aliphatic carbocycles. The normalized spacial score (nSPS) is 25.1. The largest absolute Gasteiger partial charge is 0.398 e. The number of hydrogen-bond acceptors (Lipinski definition) is 1. The van der Waals surface area contributed by atoms with Crippen LogP contribution < -0.4 is 0 Å². The van der Waals surface area contributed by atoms with Crippen LogP contribution in [-0.2, 0) is 0 Å². The molecule has 62 valence electrons. The van der Waals surface area contributed by atoms with E-state index in [4.69, 9.17) is 0 Å². The van der Waals surface area contributed by atoms with Gasteiger partial charge >= 0.3 is 6.18 Å². The molecule has 0 saturated carbocycles. The van der Waals surface area contributed by atoms with Crippen molar-refractivity contribution >= 4 is 20.6 Å². The SMILES string of the molecule is FC(F)(F)C1CC=CN=C1Br. The van der Waals surface area contributed by atoms with Crippen LogP contribution in [0.4, 0.5) is 13.2 Å². The molecule has 0 aromatic heterocycles. The van der Waals surface area contributed by atoms with Crippen LogP contribution in [0.15, 0.2) is 17.3 Å². The van der Waals surface area contributed by atoms with Crippen LogP contribution in [0.5, 0.6) is 0 Å². The van der Waals surface area contributed by atoms with Crippen molar-refractivity contribution in [2.24, 2.45) is 10.9 Å². The number of halogens is 4. The lowest BCUT2D eigenvalue weighted by atomic mass is 10.1. The van der Waals surface area contributed by atoms with Gasteiger partial charge in [-0.25, -0.2) is 0 Å². The Bertz CT molecular complexity index is 206. The van der Waals surface area contributed by atoms with E-state index in [0.29, 0.717) is 0 Å². The first-order valence-corrected chi connectivity index (χ1v) is 3.76. The van der Waals surface area contributed by atoms with Crippen LogP contribution in [0, 0.1) is 5.92 Å². The van der Waals surface area contributed by atoms with Crippen molar-refractivity contribution in [1.82, 2.24) is 0 Å². The third kappa shape index (κ3) is 2.05. The Balaban J connectivity index is 2.76. The summed E-state index contributed by atoms with van der Waals surface area (Å²) in [5.41, 5.74) is 0. The molecule has 1 aliphatic rings. The quantitative estimate of drug-likeness (QED) is 0.604. The van der Waals surface area contributed by atoms with Crippen LogP contribution in [-0.4, -0.2) is 10.8 Å². The number of nitrogens with zero attached hydrogens (tertiary/aromatic N) is 1. The average molecular weight is 228 g/mol. The first kappa shape index (κ1) is 8.77. The molecule has 0 fully saturated rings. The van der Waals surface area contributed by atoms with Gasteiger partial charge in [-0.1, -0.05) is 6.08 Å². The zero-order valence-electron chi connectivity index (χ0n) is 5.40. The van der Waals surface area contributed by atoms with Crippen molar-refractivity contribution in [3.8, 4) is 0 Å². The number of allylic oxidation sites excluding steroid dienone is 1. The van der Waals surface area contributed by atoms with Crippen LogP contribution >= 0.6 is 15.9 Å². The van der Waals surface area contributed by atoms with E-state index in [2.05, 4.69) is 20.9 Å². The summed E-state index contributed by atoms with van der Waals surface area (Å²) in [7, 11) is 0. The Morgan fingerprint density at radius 1 is 1.55 bits per heavy atom. The molecule has 0 amide bonds. The highest BCUT2D eigenvalue weighted by Gasteiger charge is 2.42. The van der Waals surface area contributed by atoms with Crippen molar-refractivity contribution in [3.05, 3.63) is 12.3 Å². The van der Waals surface area contributed by atoms with E-state index in [1.807, 2.05) is 0 Å². The van der Waals surface area contributed by atoms with E-state index in [-0.39, 0.29) is 11.0 Å². The molecular formula is C6H5BrF3N. The lowest BCUT2D eigenvalue weighted by molar-refractivity contribution is -0.153. The molecule has 0 saturated heterocycles. The fraction of sp³-hybridized carbons (Fsp3) is 0.500. The van der Waals surface area contributed by atoms with Crippen LogP contribution in [0.25, 0.3) is 0 Å². The van der Waals surface area contributed by atoms with Gasteiger partial charge in [-0.15, -0.1) is 0 Å². The fourth-order valence-electron chi connectivity index (χ4n) is 0.777. The monoisotopic (exact) mass is 227 g/mol. The molecule has 1 heterocycles. The van der Waals surface area contributed by atoms with Crippen molar-refractivity contribution in [2.45, 2.75) is 12.6 Å². The van der Waals surface area contributed by atoms with E-state index in [0.717, 1.165) is 0 Å². The molecule has 0 radical (unpaired) electrons. The van der Waals surface area contributed by atoms with E-state index in [1.165, 1.54) is 12.3 Å². The molecule has 11 heavy (non-hydrogen) atoms. The minimum absolute atomic E-state index is 0.0203. The summed E-state index contributed by atoms with van der Waals surface area (Å²) >= 11 is 2.77. The molecule has 1 aliphatic heterocycles. The Morgan fingerprint density at radius 2 is 2.18 bits per heavy atom. The van der Waals surface area contributed by atoms with Gasteiger partial charge in [0.15, 0.2) is 0 Å². The smallest absolute Gasteiger partial charge is 0.254 e. The highest BCUT2D eigenvalue weighted by atomic mass is 79.9. The molecule has 1 nitrogen and oxygen atoms in total. The maximum absolute atomic E-state index is 12.0. The average Bonchev–Trinajstić information content (AvgIpc) is 1.86. The summed E-state index contributed by atoms with van der Waals surface area (Å²) in [5, 5.41) is 0. The van der Waals surface area contributed by atoms with Crippen LogP contribution in [0.3, 0.4) is 0 Å². The van der Waals surface area contributed by atoms with Gasteiger partial charge in [0.05, 0.1) is 4.62 Å². The van der Waals surface area contributed by atoms with Crippen LogP contribution in [0.2, 0.25) is 0 Å². The third-order valence-electron chi connectivity index (χ3n) is 1.36. The zero-order chi connectivity index (χ0) is 8.48. The van der Waals surface area contributed by atoms with E-state index < -0.39 is 12.1 Å². The molecule has 0 aromatic rings. The van der Waals surface area contributed by atoms with Crippen LogP contribution in [0.1, 0.15) is 6.42 Å². The van der Waals surface area contributed by atoms with Crippen molar-refractivity contribution in [1.29, 1.82) is 0 Å². The molecule has 1 atom stereocenters. The summed E-state index contributed by atoms with van der Waals surface area (Å²) in [4.78, 5) is 3.51. The molecule has 0 bridgehead atoms. The Labute approximate surface area is 70.1 Å². The van der Waals surface area contributed by atoms with Crippen molar-refractivity contribution in [3.63, 3.8) is 0 Å². The molecule has 0 spiro atoms. The van der Waals surface area contributed by atoms with Crippen molar-refractivity contribution in [2.75, 3.05) is 0 Å². The number of hydrogen-bond donors (Lipinski definition) is 0. The molecule has 1 unspecified atom stereocenters. The van der Waals surface area contributed by atoms with Gasteiger partial charge < -0.3 is 0 Å². The molecule has 0 aromatic carbocycles. The molecule has 1 rings (SSSR count). The van der Waals surface area contributed by atoms with Gasteiger partial charge in [0.2, 0.25) is 0 Å². The second-order valence-electron chi connectivity index (χ2n) is 2.17. The molecule has 5 heteroatoms. The predicted octanol–water partition coefficient (Wildman–Crippen LogP) is 2.88. The summed E-state index contributed by atoms with van der Waals surface area (Å²) in [5.74, 6) is -1.45. The maximum atomic E-state index is 12.0. The van der Waals surface area contributed by atoms with Gasteiger partial charge in [0, 0.05) is 6.20 Å². The van der Waals surface area contributed by atoms with Crippen molar-refractivity contribution < 1.29 is 13.2 Å². The first-order chi connectivity index (χ1) is 5.02. The number of alkyl halides is 3. The first-order valence-electron chi connectivity index (χ1n) is 2.96. The van der Waals surface area contributed by atoms with E-state index in [9.17, 15) is 13.2 Å². The van der Waals surface area contributed by atoms with Gasteiger partial charge in [-0.2, -0.15) is 13.2 Å². The van der Waals surface area contributed by atoms with Gasteiger partial charge in [-0.05, 0) is 22.4 Å². The molecular weight excluding hydrogens is 223 g/mol. The highest BCUT2D eigenvalue weighted by molar-refractivity contribution is 9.18. The summed E-state index contributed by atoms with van der Waals surface area (Å²) < 4.78 is 36.1. The highest BCUT2D eigenvalue weighted by Crippen LogP contribution is 2.33. The van der Waals surface area contributed by atoms with Gasteiger partial charge in [0.1, 0.15) is 5.92 Å². The second-order valence-corrected chi connectivity index (χ2v) is 2.98. The summed E-state index contributed by atoms with van der Waals surface area (Å²) in [6.45, 7) is 0. The zero-order valence-corrected chi connectivity index (χ0v) is 6.98. The Kier molecular flexibility index (Phi) is 2.37. The minimum Gasteiger partial charge on any atom is -0.254 e. The maximum Gasteiger partial charge on any atom is 0.398 e.